The van der Waals surface area contributed by atoms with Crippen molar-refractivity contribution in [1.29, 1.82) is 0 Å². The number of anilines is 1. The highest BCUT2D eigenvalue weighted by atomic mass is 19.2. The van der Waals surface area contributed by atoms with Crippen LogP contribution in [0, 0.1) is 31.0 Å². The van der Waals surface area contributed by atoms with Gasteiger partial charge in [0, 0.05) is 56.5 Å². The minimum Gasteiger partial charge on any atom is -0.333 e. The van der Waals surface area contributed by atoms with Crippen LogP contribution in [-0.4, -0.2) is 49.6 Å². The molecule has 2 N–H and O–H groups in total. The van der Waals surface area contributed by atoms with Crippen molar-refractivity contribution < 1.29 is 13.6 Å². The van der Waals surface area contributed by atoms with Crippen molar-refractivity contribution in [1.82, 2.24) is 29.8 Å². The van der Waals surface area contributed by atoms with E-state index in [0.29, 0.717) is 24.5 Å². The Hall–Kier alpha value is -3.87. The lowest BCUT2D eigenvalue weighted by Crippen LogP contribution is -2.42. The first kappa shape index (κ1) is 21.4. The average Bonchev–Trinajstić information content (AvgIpc) is 3.44. The molecule has 0 aliphatic carbocycles. The normalized spacial score (nSPS) is 17.9. The molecule has 8 nitrogen and oxygen atoms in total. The second kappa shape index (κ2) is 8.34. The lowest BCUT2D eigenvalue weighted by atomic mass is 9.94. The summed E-state index contributed by atoms with van der Waals surface area (Å²) in [6.07, 6.45) is 9.09. The molecule has 2 aromatic heterocycles. The quantitative estimate of drug-likeness (QED) is 0.613. The summed E-state index contributed by atoms with van der Waals surface area (Å²) in [5.41, 5.74) is 2.93. The number of nitrogens with one attached hydrogen (secondary N) is 2. The van der Waals surface area contributed by atoms with Gasteiger partial charge in [-0.25, -0.2) is 13.6 Å². The van der Waals surface area contributed by atoms with E-state index in [9.17, 15) is 13.6 Å². The summed E-state index contributed by atoms with van der Waals surface area (Å²) >= 11 is 0. The van der Waals surface area contributed by atoms with Crippen LogP contribution in [0.15, 0.2) is 30.6 Å². The molecule has 2 atom stereocenters. The molecular weight excluding hydrogens is 416 g/mol. The van der Waals surface area contributed by atoms with E-state index in [2.05, 4.69) is 26.9 Å². The van der Waals surface area contributed by atoms with E-state index in [1.807, 2.05) is 20.2 Å². The zero-order chi connectivity index (χ0) is 23.0. The van der Waals surface area contributed by atoms with E-state index in [1.165, 1.54) is 6.07 Å². The highest BCUT2D eigenvalue weighted by Crippen LogP contribution is 2.30. The number of terminal acetylenes is 1. The van der Waals surface area contributed by atoms with Crippen molar-refractivity contribution in [3.63, 3.8) is 0 Å². The molecule has 1 unspecified atom stereocenters. The third kappa shape index (κ3) is 4.01. The van der Waals surface area contributed by atoms with Gasteiger partial charge in [0.2, 0.25) is 0 Å². The summed E-state index contributed by atoms with van der Waals surface area (Å²) < 4.78 is 30.4. The molecular formula is C22H23F2N7O. The van der Waals surface area contributed by atoms with Crippen molar-refractivity contribution in [2.75, 3.05) is 18.4 Å². The van der Waals surface area contributed by atoms with Gasteiger partial charge in [0.05, 0.1) is 12.2 Å². The summed E-state index contributed by atoms with van der Waals surface area (Å²) in [7, 11) is 3.56. The van der Waals surface area contributed by atoms with E-state index in [0.717, 1.165) is 29.0 Å². The fourth-order valence-electron chi connectivity index (χ4n) is 4.07. The Morgan fingerprint density at radius 2 is 2.03 bits per heavy atom. The van der Waals surface area contributed by atoms with E-state index in [-0.39, 0.29) is 12.0 Å². The Labute approximate surface area is 184 Å². The van der Waals surface area contributed by atoms with Crippen LogP contribution in [0.2, 0.25) is 0 Å². The van der Waals surface area contributed by atoms with Gasteiger partial charge in [0.1, 0.15) is 11.5 Å². The number of hydrogen-bond acceptors (Lipinski definition) is 4. The minimum absolute atomic E-state index is 0.287. The Kier molecular flexibility index (Phi) is 5.57. The topological polar surface area (TPSA) is 80.0 Å². The molecule has 0 radical (unpaired) electrons. The van der Waals surface area contributed by atoms with E-state index in [1.54, 1.807) is 27.5 Å². The summed E-state index contributed by atoms with van der Waals surface area (Å²) in [5, 5.41) is 14.4. The molecule has 4 rings (SSSR count). The SMILES string of the molecule is C#CN1CC(c2ccc(F)c(F)c2)[C@H](NC(=O)Nc2c(C)c(-c3cnn(C)c3)nn2C)C1. The summed E-state index contributed by atoms with van der Waals surface area (Å²) in [4.78, 5) is 14.5. The van der Waals surface area contributed by atoms with Gasteiger partial charge in [-0.3, -0.25) is 14.7 Å². The van der Waals surface area contributed by atoms with Gasteiger partial charge >= 0.3 is 6.03 Å². The van der Waals surface area contributed by atoms with Crippen molar-refractivity contribution in [2.45, 2.75) is 18.9 Å². The number of urea groups is 1. The lowest BCUT2D eigenvalue weighted by Gasteiger charge is -2.20. The number of amides is 2. The molecule has 0 bridgehead atoms. The van der Waals surface area contributed by atoms with Gasteiger partial charge in [-0.2, -0.15) is 10.2 Å². The maximum Gasteiger partial charge on any atom is 0.320 e. The molecule has 0 spiro atoms. The van der Waals surface area contributed by atoms with Gasteiger partial charge in [-0.15, -0.1) is 0 Å². The summed E-state index contributed by atoms with van der Waals surface area (Å²) in [6, 6.07) is 5.48. The number of hydrogen-bond donors (Lipinski definition) is 2. The molecule has 32 heavy (non-hydrogen) atoms. The molecule has 1 aromatic carbocycles. The third-order valence-electron chi connectivity index (χ3n) is 5.69. The average molecular weight is 439 g/mol. The van der Waals surface area contributed by atoms with Crippen LogP contribution in [0.4, 0.5) is 19.4 Å². The first-order valence-electron chi connectivity index (χ1n) is 10.0. The van der Waals surface area contributed by atoms with Gasteiger partial charge in [-0.05, 0) is 24.6 Å². The van der Waals surface area contributed by atoms with Crippen LogP contribution >= 0.6 is 0 Å². The Bertz CT molecular complexity index is 1210. The monoisotopic (exact) mass is 439 g/mol. The molecule has 1 aliphatic heterocycles. The second-order valence-corrected chi connectivity index (χ2v) is 7.87. The largest absolute Gasteiger partial charge is 0.333 e. The zero-order valence-electron chi connectivity index (χ0n) is 17.9. The fourth-order valence-corrected chi connectivity index (χ4v) is 4.07. The van der Waals surface area contributed by atoms with E-state index < -0.39 is 17.7 Å². The molecule has 0 saturated carbocycles. The van der Waals surface area contributed by atoms with Crippen molar-refractivity contribution in [3.8, 4) is 23.7 Å². The Morgan fingerprint density at radius 1 is 1.25 bits per heavy atom. The molecule has 10 heteroatoms. The number of nitrogens with zero attached hydrogens (tertiary/aromatic N) is 5. The van der Waals surface area contributed by atoms with E-state index >= 15 is 0 Å². The molecule has 1 saturated heterocycles. The second-order valence-electron chi connectivity index (χ2n) is 7.87. The lowest BCUT2D eigenvalue weighted by molar-refractivity contribution is 0.247. The zero-order valence-corrected chi connectivity index (χ0v) is 17.9. The number of benzene rings is 1. The van der Waals surface area contributed by atoms with Crippen molar-refractivity contribution in [2.24, 2.45) is 14.1 Å². The Morgan fingerprint density at radius 3 is 2.69 bits per heavy atom. The molecule has 3 heterocycles. The number of carbonyl (C=O) groups is 1. The smallest absolute Gasteiger partial charge is 0.320 e. The number of rotatable bonds is 4. The standard InChI is InChI=1S/C22H23F2N7O/c1-5-31-11-16(14-6-7-17(23)18(24)8-14)19(12-31)26-22(32)27-21-13(2)20(28-30(21)4)15-9-25-29(3)10-15/h1,6-10,16,19H,11-12H2,2-4H3,(H2,26,27,32)/t16?,19-/m1/s1. The van der Waals surface area contributed by atoms with Gasteiger partial charge < -0.3 is 10.2 Å². The molecule has 1 fully saturated rings. The number of aryl methyl sites for hydroxylation is 2. The van der Waals surface area contributed by atoms with Crippen LogP contribution in [-0.2, 0) is 14.1 Å². The van der Waals surface area contributed by atoms with Crippen LogP contribution in [0.25, 0.3) is 11.3 Å². The summed E-state index contributed by atoms with van der Waals surface area (Å²) in [6.45, 7) is 2.67. The van der Waals surface area contributed by atoms with Crippen molar-refractivity contribution in [3.05, 3.63) is 53.4 Å². The number of aromatic nitrogens is 4. The third-order valence-corrected chi connectivity index (χ3v) is 5.69. The first-order valence-corrected chi connectivity index (χ1v) is 10.0. The van der Waals surface area contributed by atoms with Crippen molar-refractivity contribution >= 4 is 11.8 Å². The number of likely N-dealkylation sites (tertiary alicyclic amines) is 1. The first-order chi connectivity index (χ1) is 15.3. The number of carbonyl (C=O) groups excluding carboxylic acids is 1. The number of halogens is 2. The van der Waals surface area contributed by atoms with Gasteiger partial charge in [0.15, 0.2) is 11.6 Å². The van der Waals surface area contributed by atoms with Crippen LogP contribution in [0.3, 0.4) is 0 Å². The van der Waals surface area contributed by atoms with E-state index in [4.69, 9.17) is 6.42 Å². The van der Waals surface area contributed by atoms with Crippen LogP contribution < -0.4 is 10.6 Å². The highest BCUT2D eigenvalue weighted by Gasteiger charge is 2.34. The summed E-state index contributed by atoms with van der Waals surface area (Å²) in [5.74, 6) is -1.60. The maximum atomic E-state index is 13.8. The molecule has 1 aliphatic rings. The van der Waals surface area contributed by atoms with Crippen LogP contribution in [0.5, 0.6) is 0 Å². The van der Waals surface area contributed by atoms with Gasteiger partial charge in [-0.1, -0.05) is 12.5 Å². The van der Waals surface area contributed by atoms with Gasteiger partial charge in [0.25, 0.3) is 0 Å². The maximum absolute atomic E-state index is 13.8. The minimum atomic E-state index is -0.932. The Balaban J connectivity index is 1.52. The predicted octanol–water partition coefficient (Wildman–Crippen LogP) is 2.59. The van der Waals surface area contributed by atoms with Crippen LogP contribution in [0.1, 0.15) is 17.0 Å². The fraction of sp³-hybridized carbons (Fsp3) is 0.318. The highest BCUT2D eigenvalue weighted by molar-refractivity contribution is 5.90. The molecule has 2 amide bonds. The molecule has 166 valence electrons. The predicted molar refractivity (Wildman–Crippen MR) is 116 cm³/mol. The molecule has 3 aromatic rings.